The van der Waals surface area contributed by atoms with Crippen molar-refractivity contribution in [1.29, 1.82) is 0 Å². The van der Waals surface area contributed by atoms with Crippen LogP contribution in [-0.2, 0) is 27.3 Å². The van der Waals surface area contributed by atoms with E-state index in [1.165, 1.54) is 0 Å². The summed E-state index contributed by atoms with van der Waals surface area (Å²) in [5, 5.41) is 0. The molecule has 0 aromatic heterocycles. The first-order valence-electron chi connectivity index (χ1n) is 8.58. The van der Waals surface area contributed by atoms with Gasteiger partial charge in [0.25, 0.3) is 0 Å². The predicted octanol–water partition coefficient (Wildman–Crippen LogP) is 0.536. The first-order valence-corrected chi connectivity index (χ1v) is 8.58. The number of fused-ring (bicyclic) bond motifs is 1. The minimum Gasteiger partial charge on any atom is -0.375 e. The summed E-state index contributed by atoms with van der Waals surface area (Å²) < 4.78 is 5.62. The topological polar surface area (TPSA) is 75.9 Å². The second-order valence-electron chi connectivity index (χ2n) is 6.54. The molecule has 0 aliphatic carbocycles. The molecule has 1 aromatic rings. The molecule has 2 heterocycles. The van der Waals surface area contributed by atoms with Crippen LogP contribution in [0.3, 0.4) is 0 Å². The normalized spacial score (nSPS) is 24.5. The Balaban J connectivity index is 1.70. The Kier molecular flexibility index (Phi) is 5.16. The third kappa shape index (κ3) is 3.60. The molecule has 6 nitrogen and oxygen atoms in total. The van der Waals surface area contributed by atoms with Gasteiger partial charge in [0.1, 0.15) is 0 Å². The quantitative estimate of drug-likeness (QED) is 0.873. The second-order valence-corrected chi connectivity index (χ2v) is 6.54. The number of morpholine rings is 1. The maximum absolute atomic E-state index is 12.7. The van der Waals surface area contributed by atoms with E-state index in [4.69, 9.17) is 10.5 Å². The van der Waals surface area contributed by atoms with Crippen LogP contribution in [0.25, 0.3) is 0 Å². The van der Waals surface area contributed by atoms with E-state index < -0.39 is 6.04 Å². The van der Waals surface area contributed by atoms with Gasteiger partial charge in [-0.15, -0.1) is 0 Å². The van der Waals surface area contributed by atoms with Gasteiger partial charge in [-0.3, -0.25) is 14.5 Å². The third-order valence-corrected chi connectivity index (χ3v) is 4.96. The van der Waals surface area contributed by atoms with E-state index in [9.17, 15) is 9.59 Å². The summed E-state index contributed by atoms with van der Waals surface area (Å²) in [4.78, 5) is 28.3. The minimum absolute atomic E-state index is 0.0439. The average molecular weight is 331 g/mol. The van der Waals surface area contributed by atoms with Crippen molar-refractivity contribution < 1.29 is 14.3 Å². The Morgan fingerprint density at radius 2 is 2.04 bits per heavy atom. The van der Waals surface area contributed by atoms with Gasteiger partial charge in [0.05, 0.1) is 25.3 Å². The molecule has 1 saturated heterocycles. The summed E-state index contributed by atoms with van der Waals surface area (Å²) >= 11 is 0. The van der Waals surface area contributed by atoms with Gasteiger partial charge >= 0.3 is 0 Å². The van der Waals surface area contributed by atoms with Crippen LogP contribution in [0.4, 0.5) is 0 Å². The van der Waals surface area contributed by atoms with Gasteiger partial charge in [0.2, 0.25) is 11.8 Å². The summed E-state index contributed by atoms with van der Waals surface area (Å²) in [6.45, 7) is 4.67. The van der Waals surface area contributed by atoms with E-state index in [2.05, 4.69) is 6.92 Å². The minimum atomic E-state index is -0.424. The highest BCUT2D eigenvalue weighted by Crippen LogP contribution is 2.23. The highest BCUT2D eigenvalue weighted by Gasteiger charge is 2.33. The molecule has 1 fully saturated rings. The first kappa shape index (κ1) is 16.9. The lowest BCUT2D eigenvalue weighted by molar-refractivity contribution is -0.141. The van der Waals surface area contributed by atoms with Crippen molar-refractivity contribution in [3.8, 4) is 0 Å². The Morgan fingerprint density at radius 1 is 1.29 bits per heavy atom. The number of primary amides is 1. The lowest BCUT2D eigenvalue weighted by Gasteiger charge is -2.37. The van der Waals surface area contributed by atoms with Crippen molar-refractivity contribution in [3.63, 3.8) is 0 Å². The lowest BCUT2D eigenvalue weighted by atomic mass is 9.93. The predicted molar refractivity (Wildman–Crippen MR) is 90.1 cm³/mol. The van der Waals surface area contributed by atoms with Crippen molar-refractivity contribution in [1.82, 2.24) is 9.80 Å². The standard InChI is InChI=1S/C18H25N3O3/c1-2-15-11-20(7-8-24-15)17(22)12-21-10-14-6-4-3-5-13(14)9-16(21)18(19)23/h3-6,15-16H,2,7-12H2,1H3,(H2,19,23)/t15?,16-/m0/s1. The Labute approximate surface area is 142 Å². The Morgan fingerprint density at radius 3 is 2.75 bits per heavy atom. The highest BCUT2D eigenvalue weighted by molar-refractivity contribution is 5.83. The molecule has 2 amide bonds. The van der Waals surface area contributed by atoms with Gasteiger partial charge in [-0.05, 0) is 24.0 Å². The monoisotopic (exact) mass is 331 g/mol. The summed E-state index contributed by atoms with van der Waals surface area (Å²) in [7, 11) is 0. The fourth-order valence-electron chi connectivity index (χ4n) is 3.49. The summed E-state index contributed by atoms with van der Waals surface area (Å²) in [6.07, 6.45) is 1.57. The summed E-state index contributed by atoms with van der Waals surface area (Å²) in [5.74, 6) is -0.326. The fraction of sp³-hybridized carbons (Fsp3) is 0.556. The smallest absolute Gasteiger partial charge is 0.236 e. The number of ether oxygens (including phenoxy) is 1. The van der Waals surface area contributed by atoms with Gasteiger partial charge in [-0.2, -0.15) is 0 Å². The molecule has 0 saturated carbocycles. The second kappa shape index (κ2) is 7.32. The summed E-state index contributed by atoms with van der Waals surface area (Å²) in [5.41, 5.74) is 7.89. The van der Waals surface area contributed by atoms with Gasteiger partial charge in [-0.1, -0.05) is 31.2 Å². The molecule has 0 spiro atoms. The van der Waals surface area contributed by atoms with Crippen LogP contribution in [0, 0.1) is 0 Å². The molecule has 24 heavy (non-hydrogen) atoms. The molecular weight excluding hydrogens is 306 g/mol. The van der Waals surface area contributed by atoms with Gasteiger partial charge in [0.15, 0.2) is 0 Å². The molecular formula is C18H25N3O3. The lowest BCUT2D eigenvalue weighted by Crippen LogP contribution is -2.54. The average Bonchev–Trinajstić information content (AvgIpc) is 2.61. The summed E-state index contributed by atoms with van der Waals surface area (Å²) in [6, 6.07) is 7.60. The number of amides is 2. The van der Waals surface area contributed by atoms with Crippen molar-refractivity contribution in [2.45, 2.75) is 38.5 Å². The molecule has 2 aliphatic heterocycles. The zero-order chi connectivity index (χ0) is 17.1. The van der Waals surface area contributed by atoms with Crippen LogP contribution in [0.15, 0.2) is 24.3 Å². The Bertz CT molecular complexity index is 619. The van der Waals surface area contributed by atoms with E-state index in [-0.39, 0.29) is 24.5 Å². The largest absolute Gasteiger partial charge is 0.375 e. The molecule has 0 radical (unpaired) electrons. The van der Waals surface area contributed by atoms with Crippen LogP contribution in [-0.4, -0.2) is 60.0 Å². The van der Waals surface area contributed by atoms with Crippen LogP contribution in [0.2, 0.25) is 0 Å². The molecule has 2 atom stereocenters. The van der Waals surface area contributed by atoms with Crippen LogP contribution < -0.4 is 5.73 Å². The van der Waals surface area contributed by atoms with E-state index in [1.807, 2.05) is 34.1 Å². The van der Waals surface area contributed by atoms with Crippen LogP contribution >= 0.6 is 0 Å². The molecule has 2 aliphatic rings. The van der Waals surface area contributed by atoms with E-state index in [1.54, 1.807) is 0 Å². The third-order valence-electron chi connectivity index (χ3n) is 4.96. The maximum atomic E-state index is 12.7. The number of benzene rings is 1. The molecule has 3 rings (SSSR count). The van der Waals surface area contributed by atoms with Gasteiger partial charge in [-0.25, -0.2) is 0 Å². The van der Waals surface area contributed by atoms with Crippen molar-refractivity contribution in [3.05, 3.63) is 35.4 Å². The molecule has 6 heteroatoms. The van der Waals surface area contributed by atoms with Gasteiger partial charge < -0.3 is 15.4 Å². The highest BCUT2D eigenvalue weighted by atomic mass is 16.5. The first-order chi connectivity index (χ1) is 11.6. The van der Waals surface area contributed by atoms with E-state index in [0.717, 1.165) is 17.5 Å². The van der Waals surface area contributed by atoms with Crippen molar-refractivity contribution in [2.75, 3.05) is 26.2 Å². The Hall–Kier alpha value is -1.92. The number of rotatable bonds is 4. The van der Waals surface area contributed by atoms with Gasteiger partial charge in [0, 0.05) is 19.6 Å². The SMILES string of the molecule is CCC1CN(C(=O)CN2Cc3ccccc3C[C@H]2C(N)=O)CCO1. The number of nitrogens with zero attached hydrogens (tertiary/aromatic N) is 2. The molecule has 1 unspecified atom stereocenters. The number of hydrogen-bond acceptors (Lipinski definition) is 4. The number of carbonyl (C=O) groups excluding carboxylic acids is 2. The number of hydrogen-bond donors (Lipinski definition) is 1. The van der Waals surface area contributed by atoms with Crippen LogP contribution in [0.5, 0.6) is 0 Å². The molecule has 0 bridgehead atoms. The molecule has 1 aromatic carbocycles. The maximum Gasteiger partial charge on any atom is 0.236 e. The number of carbonyl (C=O) groups is 2. The molecule has 130 valence electrons. The molecule has 2 N–H and O–H groups in total. The fourth-order valence-corrected chi connectivity index (χ4v) is 3.49. The van der Waals surface area contributed by atoms with E-state index in [0.29, 0.717) is 32.7 Å². The van der Waals surface area contributed by atoms with E-state index >= 15 is 0 Å². The zero-order valence-electron chi connectivity index (χ0n) is 14.1. The zero-order valence-corrected chi connectivity index (χ0v) is 14.1. The van der Waals surface area contributed by atoms with Crippen LogP contribution in [0.1, 0.15) is 24.5 Å². The van der Waals surface area contributed by atoms with Crippen molar-refractivity contribution >= 4 is 11.8 Å². The number of nitrogens with two attached hydrogens (primary N) is 1. The van der Waals surface area contributed by atoms with Crippen molar-refractivity contribution in [2.24, 2.45) is 5.73 Å².